The Morgan fingerprint density at radius 3 is 2.67 bits per heavy atom. The molecule has 12 heavy (non-hydrogen) atoms. The van der Waals surface area contributed by atoms with Gasteiger partial charge < -0.3 is 0 Å². The second-order valence-corrected chi connectivity index (χ2v) is 3.53. The maximum atomic E-state index is 5.93. The molecule has 1 aromatic carbocycles. The standard InChI is InChI=1S/C10H11Cl2/c1-2-3-4-8-5-6-9(11)7-10(8)12/h5-6H,2-4H2,1H3. The molecule has 0 bridgehead atoms. The van der Waals surface area contributed by atoms with E-state index in [0.717, 1.165) is 18.4 Å². The highest BCUT2D eigenvalue weighted by atomic mass is 35.5. The fourth-order valence-electron chi connectivity index (χ4n) is 1.03. The van der Waals surface area contributed by atoms with Gasteiger partial charge in [-0.05, 0) is 24.5 Å². The van der Waals surface area contributed by atoms with Crippen LogP contribution in [0.4, 0.5) is 0 Å². The normalized spacial score (nSPS) is 10.2. The van der Waals surface area contributed by atoms with Gasteiger partial charge in [0, 0.05) is 6.07 Å². The van der Waals surface area contributed by atoms with E-state index in [-0.39, 0.29) is 0 Å². The van der Waals surface area contributed by atoms with Crippen molar-refractivity contribution in [2.45, 2.75) is 26.2 Å². The van der Waals surface area contributed by atoms with Gasteiger partial charge in [-0.1, -0.05) is 42.6 Å². The molecule has 0 aliphatic rings. The zero-order valence-electron chi connectivity index (χ0n) is 7.03. The van der Waals surface area contributed by atoms with Crippen molar-refractivity contribution in [3.63, 3.8) is 0 Å². The van der Waals surface area contributed by atoms with E-state index >= 15 is 0 Å². The van der Waals surface area contributed by atoms with Crippen LogP contribution in [0.2, 0.25) is 10.0 Å². The van der Waals surface area contributed by atoms with Crippen molar-refractivity contribution in [2.75, 3.05) is 0 Å². The lowest BCUT2D eigenvalue weighted by atomic mass is 10.1. The molecule has 0 spiro atoms. The van der Waals surface area contributed by atoms with Gasteiger partial charge in [-0.25, -0.2) is 0 Å². The van der Waals surface area contributed by atoms with Crippen LogP contribution in [0.1, 0.15) is 25.3 Å². The Bertz CT molecular complexity index is 256. The molecule has 0 fully saturated rings. The third-order valence-electron chi connectivity index (χ3n) is 1.74. The highest BCUT2D eigenvalue weighted by Gasteiger charge is 2.00. The molecule has 1 aromatic rings. The van der Waals surface area contributed by atoms with Crippen LogP contribution in [-0.4, -0.2) is 0 Å². The number of benzene rings is 1. The number of unbranched alkanes of at least 4 members (excludes halogenated alkanes) is 1. The predicted octanol–water partition coefficient (Wildman–Crippen LogP) is 4.14. The minimum atomic E-state index is 0.584. The molecule has 0 atom stereocenters. The fourth-order valence-corrected chi connectivity index (χ4v) is 1.50. The van der Waals surface area contributed by atoms with Crippen molar-refractivity contribution in [3.05, 3.63) is 33.8 Å². The molecule has 0 aromatic heterocycles. The summed E-state index contributed by atoms with van der Waals surface area (Å²) in [7, 11) is 0. The highest BCUT2D eigenvalue weighted by Crippen LogP contribution is 2.21. The molecular weight excluding hydrogens is 191 g/mol. The molecule has 0 saturated heterocycles. The third-order valence-corrected chi connectivity index (χ3v) is 2.30. The molecule has 0 nitrogen and oxygen atoms in total. The minimum Gasteiger partial charge on any atom is -0.0836 e. The predicted molar refractivity (Wildman–Crippen MR) is 53.9 cm³/mol. The Morgan fingerprint density at radius 2 is 2.08 bits per heavy atom. The van der Waals surface area contributed by atoms with E-state index in [1.165, 1.54) is 6.42 Å². The third kappa shape index (κ3) is 2.69. The first-order chi connectivity index (χ1) is 5.74. The average molecular weight is 202 g/mol. The SMILES string of the molecule is CCCCc1ccc(Cl)[c]c1Cl. The molecule has 0 unspecified atom stereocenters. The Kier molecular flexibility index (Phi) is 3.90. The molecular formula is C10H11Cl2. The van der Waals surface area contributed by atoms with Gasteiger partial charge in [-0.2, -0.15) is 0 Å². The van der Waals surface area contributed by atoms with Crippen LogP contribution in [-0.2, 0) is 6.42 Å². The molecule has 0 aliphatic carbocycles. The van der Waals surface area contributed by atoms with E-state index in [2.05, 4.69) is 13.0 Å². The van der Waals surface area contributed by atoms with E-state index in [9.17, 15) is 0 Å². The number of rotatable bonds is 3. The van der Waals surface area contributed by atoms with Crippen LogP contribution in [0.25, 0.3) is 0 Å². The number of hydrogen-bond donors (Lipinski definition) is 0. The summed E-state index contributed by atoms with van der Waals surface area (Å²) in [5.41, 5.74) is 1.14. The van der Waals surface area contributed by atoms with Crippen molar-refractivity contribution in [3.8, 4) is 0 Å². The maximum Gasteiger partial charge on any atom is 0.0532 e. The van der Waals surface area contributed by atoms with Gasteiger partial charge in [0.2, 0.25) is 0 Å². The zero-order chi connectivity index (χ0) is 8.97. The smallest absolute Gasteiger partial charge is 0.0532 e. The summed E-state index contributed by atoms with van der Waals surface area (Å²) in [6.07, 6.45) is 3.36. The molecule has 1 radical (unpaired) electrons. The Balaban J connectivity index is 2.72. The van der Waals surface area contributed by atoms with E-state index in [1.807, 2.05) is 12.1 Å². The van der Waals surface area contributed by atoms with Gasteiger partial charge in [-0.15, -0.1) is 0 Å². The van der Waals surface area contributed by atoms with E-state index in [0.29, 0.717) is 10.0 Å². The van der Waals surface area contributed by atoms with Gasteiger partial charge in [0.1, 0.15) is 0 Å². The second-order valence-electron chi connectivity index (χ2n) is 2.75. The first-order valence-corrected chi connectivity index (χ1v) is 4.86. The van der Waals surface area contributed by atoms with Crippen LogP contribution in [0.15, 0.2) is 12.1 Å². The summed E-state index contributed by atoms with van der Waals surface area (Å²) < 4.78 is 0. The minimum absolute atomic E-state index is 0.584. The molecule has 0 N–H and O–H groups in total. The van der Waals surface area contributed by atoms with Crippen LogP contribution < -0.4 is 0 Å². The van der Waals surface area contributed by atoms with Crippen molar-refractivity contribution < 1.29 is 0 Å². The van der Waals surface area contributed by atoms with Crippen LogP contribution in [0, 0.1) is 6.07 Å². The van der Waals surface area contributed by atoms with E-state index in [1.54, 1.807) is 0 Å². The van der Waals surface area contributed by atoms with E-state index < -0.39 is 0 Å². The van der Waals surface area contributed by atoms with Crippen molar-refractivity contribution in [2.24, 2.45) is 0 Å². The van der Waals surface area contributed by atoms with Crippen LogP contribution in [0.3, 0.4) is 0 Å². The lowest BCUT2D eigenvalue weighted by Crippen LogP contribution is -1.85. The quantitative estimate of drug-likeness (QED) is 0.690. The van der Waals surface area contributed by atoms with Crippen LogP contribution >= 0.6 is 23.2 Å². The first-order valence-electron chi connectivity index (χ1n) is 4.10. The van der Waals surface area contributed by atoms with Gasteiger partial charge in [-0.3, -0.25) is 0 Å². The molecule has 65 valence electrons. The van der Waals surface area contributed by atoms with E-state index in [4.69, 9.17) is 23.2 Å². The molecule has 0 saturated carbocycles. The van der Waals surface area contributed by atoms with Gasteiger partial charge in [0.25, 0.3) is 0 Å². The maximum absolute atomic E-state index is 5.93. The zero-order valence-corrected chi connectivity index (χ0v) is 8.54. The van der Waals surface area contributed by atoms with Gasteiger partial charge >= 0.3 is 0 Å². The summed E-state index contributed by atoms with van der Waals surface area (Å²) in [6, 6.07) is 6.68. The fraction of sp³-hybridized carbons (Fsp3) is 0.400. The second kappa shape index (κ2) is 4.74. The monoisotopic (exact) mass is 201 g/mol. The lowest BCUT2D eigenvalue weighted by Gasteiger charge is -2.02. The number of aryl methyl sites for hydroxylation is 1. The summed E-state index contributed by atoms with van der Waals surface area (Å²) in [4.78, 5) is 0. The summed E-state index contributed by atoms with van der Waals surface area (Å²) in [5, 5.41) is 1.25. The van der Waals surface area contributed by atoms with Crippen molar-refractivity contribution in [1.82, 2.24) is 0 Å². The Morgan fingerprint density at radius 1 is 1.33 bits per heavy atom. The first kappa shape index (κ1) is 9.88. The number of halogens is 2. The molecule has 2 heteroatoms. The summed E-state index contributed by atoms with van der Waals surface area (Å²) in [5.74, 6) is 0. The Hall–Kier alpha value is -0.200. The molecule has 0 heterocycles. The van der Waals surface area contributed by atoms with Crippen molar-refractivity contribution in [1.29, 1.82) is 0 Å². The van der Waals surface area contributed by atoms with Gasteiger partial charge in [0.15, 0.2) is 0 Å². The summed E-state index contributed by atoms with van der Waals surface area (Å²) >= 11 is 11.6. The molecule has 0 aliphatic heterocycles. The Labute approximate surface area is 83.5 Å². The lowest BCUT2D eigenvalue weighted by molar-refractivity contribution is 0.795. The largest absolute Gasteiger partial charge is 0.0836 e. The van der Waals surface area contributed by atoms with Crippen LogP contribution in [0.5, 0.6) is 0 Å². The molecule has 0 amide bonds. The highest BCUT2D eigenvalue weighted by molar-refractivity contribution is 6.34. The summed E-state index contributed by atoms with van der Waals surface area (Å²) in [6.45, 7) is 2.16. The molecule has 1 rings (SSSR count). The average Bonchev–Trinajstić information content (AvgIpc) is 2.03. The topological polar surface area (TPSA) is 0 Å². The number of hydrogen-bond acceptors (Lipinski definition) is 0. The van der Waals surface area contributed by atoms with Crippen molar-refractivity contribution >= 4 is 23.2 Å². The van der Waals surface area contributed by atoms with Gasteiger partial charge in [0.05, 0.1) is 10.0 Å².